The highest BCUT2D eigenvalue weighted by Gasteiger charge is 2.22. The van der Waals surface area contributed by atoms with Gasteiger partial charge in [0.25, 0.3) is 0 Å². The van der Waals surface area contributed by atoms with E-state index in [2.05, 4.69) is 10.6 Å². The summed E-state index contributed by atoms with van der Waals surface area (Å²) in [5.41, 5.74) is 1.67. The summed E-state index contributed by atoms with van der Waals surface area (Å²) in [7, 11) is 3.36. The smallest absolute Gasteiger partial charge is 0.246 e. The van der Waals surface area contributed by atoms with Crippen LogP contribution >= 0.6 is 23.2 Å². The summed E-state index contributed by atoms with van der Waals surface area (Å²) in [5.74, 6) is -0.512. The van der Waals surface area contributed by atoms with Crippen molar-refractivity contribution in [2.24, 2.45) is 0 Å². The summed E-state index contributed by atoms with van der Waals surface area (Å²) in [5, 5.41) is 6.33. The molecule has 0 aliphatic carbocycles. The molecule has 0 saturated heterocycles. The van der Waals surface area contributed by atoms with Crippen molar-refractivity contribution < 1.29 is 9.59 Å². The lowest BCUT2D eigenvalue weighted by atomic mass is 10.1. The molecule has 2 aromatic carbocycles. The maximum atomic E-state index is 12.4. The summed E-state index contributed by atoms with van der Waals surface area (Å²) in [6.45, 7) is 0.668. The monoisotopic (exact) mass is 393 g/mol. The van der Waals surface area contributed by atoms with Gasteiger partial charge in [0.1, 0.15) is 6.04 Å². The third-order valence-electron chi connectivity index (χ3n) is 3.80. The van der Waals surface area contributed by atoms with Crippen molar-refractivity contribution >= 4 is 35.0 Å². The average molecular weight is 394 g/mol. The zero-order valence-corrected chi connectivity index (χ0v) is 16.1. The molecule has 0 radical (unpaired) electrons. The first kappa shape index (κ1) is 20.2. The molecule has 0 aliphatic heterocycles. The predicted octanol–water partition coefficient (Wildman–Crippen LogP) is 3.03. The summed E-state index contributed by atoms with van der Waals surface area (Å²) < 4.78 is 0. The highest BCUT2D eigenvalue weighted by atomic mass is 35.5. The van der Waals surface area contributed by atoms with Crippen molar-refractivity contribution in [1.29, 1.82) is 0 Å². The van der Waals surface area contributed by atoms with Crippen molar-refractivity contribution in [3.63, 3.8) is 0 Å². The lowest BCUT2D eigenvalue weighted by molar-refractivity contribution is -0.129. The SMILES string of the molecule is CNC(=O)C(NC(=O)CN(C)Cc1ccc(Cl)c(Cl)c1)c1ccccc1. The first-order valence-corrected chi connectivity index (χ1v) is 8.84. The topological polar surface area (TPSA) is 61.4 Å². The van der Waals surface area contributed by atoms with Crippen LogP contribution in [0.3, 0.4) is 0 Å². The maximum absolute atomic E-state index is 12.4. The van der Waals surface area contributed by atoms with Crippen LogP contribution in [0.2, 0.25) is 10.0 Å². The molecule has 1 unspecified atom stereocenters. The molecular weight excluding hydrogens is 373 g/mol. The second kappa shape index (κ2) is 9.57. The molecule has 2 rings (SSSR count). The number of amides is 2. The average Bonchev–Trinajstić information content (AvgIpc) is 2.62. The third-order valence-corrected chi connectivity index (χ3v) is 4.54. The molecule has 0 aliphatic rings. The minimum Gasteiger partial charge on any atom is -0.357 e. The zero-order valence-electron chi connectivity index (χ0n) is 14.6. The highest BCUT2D eigenvalue weighted by Crippen LogP contribution is 2.23. The minimum absolute atomic E-state index is 0.139. The van der Waals surface area contributed by atoms with Gasteiger partial charge in [-0.15, -0.1) is 0 Å². The summed E-state index contributed by atoms with van der Waals surface area (Å²) >= 11 is 11.9. The first-order valence-electron chi connectivity index (χ1n) is 8.09. The minimum atomic E-state index is -0.730. The third kappa shape index (κ3) is 5.73. The van der Waals surface area contributed by atoms with Crippen LogP contribution in [0.4, 0.5) is 0 Å². The van der Waals surface area contributed by atoms with Gasteiger partial charge < -0.3 is 10.6 Å². The molecule has 2 aromatic rings. The van der Waals surface area contributed by atoms with Gasteiger partial charge in [-0.05, 0) is 30.3 Å². The van der Waals surface area contributed by atoms with Gasteiger partial charge in [-0.1, -0.05) is 59.6 Å². The van der Waals surface area contributed by atoms with Gasteiger partial charge in [0, 0.05) is 13.6 Å². The standard InChI is InChI=1S/C19H21Cl2N3O2/c1-22-19(26)18(14-6-4-3-5-7-14)23-17(25)12-24(2)11-13-8-9-15(20)16(21)10-13/h3-10,18H,11-12H2,1-2H3,(H,22,26)(H,23,25). The molecule has 2 N–H and O–H groups in total. The Morgan fingerprint density at radius 2 is 1.77 bits per heavy atom. The molecule has 2 amide bonds. The van der Waals surface area contributed by atoms with Crippen LogP contribution < -0.4 is 10.6 Å². The molecular formula is C19H21Cl2N3O2. The molecule has 0 saturated carbocycles. The lowest BCUT2D eigenvalue weighted by Crippen LogP contribution is -2.42. The Balaban J connectivity index is 1.98. The fraction of sp³-hybridized carbons (Fsp3) is 0.263. The molecule has 0 spiro atoms. The van der Waals surface area contributed by atoms with E-state index in [0.717, 1.165) is 11.1 Å². The largest absolute Gasteiger partial charge is 0.357 e. The Morgan fingerprint density at radius 1 is 1.08 bits per heavy atom. The molecule has 7 heteroatoms. The van der Waals surface area contributed by atoms with Crippen LogP contribution in [-0.4, -0.2) is 37.4 Å². The van der Waals surface area contributed by atoms with Crippen LogP contribution in [0.5, 0.6) is 0 Å². The Morgan fingerprint density at radius 3 is 2.38 bits per heavy atom. The quantitative estimate of drug-likeness (QED) is 0.759. The van der Waals surface area contributed by atoms with Crippen molar-refractivity contribution in [1.82, 2.24) is 15.5 Å². The molecule has 0 heterocycles. The molecule has 5 nitrogen and oxygen atoms in total. The van der Waals surface area contributed by atoms with Gasteiger partial charge in [-0.3, -0.25) is 14.5 Å². The number of nitrogens with zero attached hydrogens (tertiary/aromatic N) is 1. The maximum Gasteiger partial charge on any atom is 0.246 e. The number of likely N-dealkylation sites (N-methyl/N-ethyl adjacent to an activating group) is 2. The molecule has 1 atom stereocenters. The van der Waals surface area contributed by atoms with Gasteiger partial charge in [0.2, 0.25) is 11.8 Å². The lowest BCUT2D eigenvalue weighted by Gasteiger charge is -2.21. The number of nitrogens with one attached hydrogen (secondary N) is 2. The van der Waals surface area contributed by atoms with E-state index < -0.39 is 6.04 Å². The Labute approximate surface area is 163 Å². The summed E-state index contributed by atoms with van der Waals surface area (Å²) in [4.78, 5) is 26.4. The Kier molecular flexibility index (Phi) is 7.45. The van der Waals surface area contributed by atoms with Crippen molar-refractivity contribution in [3.8, 4) is 0 Å². The number of hydrogen-bond acceptors (Lipinski definition) is 3. The van der Waals surface area contributed by atoms with Crippen molar-refractivity contribution in [3.05, 3.63) is 69.7 Å². The fourth-order valence-electron chi connectivity index (χ4n) is 2.55. The number of carbonyl (C=O) groups is 2. The number of benzene rings is 2. The molecule has 0 aromatic heterocycles. The second-order valence-corrected chi connectivity index (χ2v) is 6.76. The number of hydrogen-bond donors (Lipinski definition) is 2. The van der Waals surface area contributed by atoms with Crippen LogP contribution in [0.1, 0.15) is 17.2 Å². The van der Waals surface area contributed by atoms with Crippen LogP contribution in [0.25, 0.3) is 0 Å². The second-order valence-electron chi connectivity index (χ2n) is 5.95. The van der Waals surface area contributed by atoms with Gasteiger partial charge in [0.15, 0.2) is 0 Å². The molecule has 0 bridgehead atoms. The first-order chi connectivity index (χ1) is 12.4. The fourth-order valence-corrected chi connectivity index (χ4v) is 2.87. The van der Waals surface area contributed by atoms with Crippen molar-refractivity contribution in [2.75, 3.05) is 20.6 Å². The van der Waals surface area contributed by atoms with Gasteiger partial charge in [-0.2, -0.15) is 0 Å². The predicted molar refractivity (Wildman–Crippen MR) is 104 cm³/mol. The summed E-state index contributed by atoms with van der Waals surface area (Å²) in [6.07, 6.45) is 0. The molecule has 26 heavy (non-hydrogen) atoms. The van der Waals surface area contributed by atoms with Gasteiger partial charge >= 0.3 is 0 Å². The van der Waals surface area contributed by atoms with E-state index in [0.29, 0.717) is 16.6 Å². The van der Waals surface area contributed by atoms with E-state index in [9.17, 15) is 9.59 Å². The van der Waals surface area contributed by atoms with E-state index in [4.69, 9.17) is 23.2 Å². The van der Waals surface area contributed by atoms with Crippen LogP contribution in [0, 0.1) is 0 Å². The van der Waals surface area contributed by atoms with E-state index in [-0.39, 0.29) is 18.4 Å². The Hall–Kier alpha value is -2.08. The van der Waals surface area contributed by atoms with Crippen LogP contribution in [0.15, 0.2) is 48.5 Å². The number of rotatable bonds is 7. The van der Waals surface area contributed by atoms with Gasteiger partial charge in [-0.25, -0.2) is 0 Å². The van der Waals surface area contributed by atoms with Crippen molar-refractivity contribution in [2.45, 2.75) is 12.6 Å². The van der Waals surface area contributed by atoms with E-state index in [1.165, 1.54) is 0 Å². The summed E-state index contributed by atoms with van der Waals surface area (Å²) in [6, 6.07) is 13.8. The Bertz CT molecular complexity index is 769. The van der Waals surface area contributed by atoms with Gasteiger partial charge in [0.05, 0.1) is 16.6 Å². The zero-order chi connectivity index (χ0) is 19.1. The molecule has 138 valence electrons. The number of carbonyl (C=O) groups excluding carboxylic acids is 2. The molecule has 0 fully saturated rings. The van der Waals surface area contributed by atoms with E-state index in [1.807, 2.05) is 36.2 Å². The number of halogens is 2. The highest BCUT2D eigenvalue weighted by molar-refractivity contribution is 6.42. The van der Waals surface area contributed by atoms with E-state index >= 15 is 0 Å². The van der Waals surface area contributed by atoms with Crippen LogP contribution in [-0.2, 0) is 16.1 Å². The normalized spacial score (nSPS) is 11.9. The van der Waals surface area contributed by atoms with E-state index in [1.54, 1.807) is 31.3 Å².